The standard InChI is InChI=1S/C19H24ClN5O3S/c20-16-11-22-10-14-2-1-3-17(19(14)16)29(27,28)25-7-4-15(12-25)23-18(26)13-24-8-5-21-6-9-24/h1-3,10-11,15,21H,4-9,12-13H2,(H,23,26). The molecule has 0 saturated carbocycles. The third-order valence-electron chi connectivity index (χ3n) is 5.41. The Bertz CT molecular complexity index is 1000. The first kappa shape index (κ1) is 20.5. The number of nitrogens with zero attached hydrogens (tertiary/aromatic N) is 3. The van der Waals surface area contributed by atoms with E-state index in [9.17, 15) is 13.2 Å². The van der Waals surface area contributed by atoms with Crippen molar-refractivity contribution in [1.82, 2.24) is 24.8 Å². The number of amides is 1. The lowest BCUT2D eigenvalue weighted by molar-refractivity contribution is -0.123. The van der Waals surface area contributed by atoms with Crippen LogP contribution in [0, 0.1) is 0 Å². The van der Waals surface area contributed by atoms with Gasteiger partial charge in [-0.3, -0.25) is 14.7 Å². The number of nitrogens with one attached hydrogen (secondary N) is 2. The molecule has 2 aromatic rings. The fraction of sp³-hybridized carbons (Fsp3) is 0.474. The lowest BCUT2D eigenvalue weighted by Crippen LogP contribution is -2.49. The van der Waals surface area contributed by atoms with Gasteiger partial charge in [-0.1, -0.05) is 23.7 Å². The molecular weight excluding hydrogens is 414 g/mol. The van der Waals surface area contributed by atoms with Crippen molar-refractivity contribution in [1.29, 1.82) is 0 Å². The molecule has 1 aromatic heterocycles. The molecule has 2 saturated heterocycles. The van der Waals surface area contributed by atoms with Gasteiger partial charge in [-0.2, -0.15) is 4.31 Å². The van der Waals surface area contributed by atoms with Gasteiger partial charge in [0, 0.05) is 68.5 Å². The third-order valence-corrected chi connectivity index (χ3v) is 7.60. The van der Waals surface area contributed by atoms with Gasteiger partial charge in [0.25, 0.3) is 0 Å². The fourth-order valence-corrected chi connectivity index (χ4v) is 5.98. The van der Waals surface area contributed by atoms with Crippen LogP contribution in [-0.4, -0.2) is 80.4 Å². The summed E-state index contributed by atoms with van der Waals surface area (Å²) in [5.41, 5.74) is 0. The molecule has 4 rings (SSSR count). The molecule has 0 spiro atoms. The smallest absolute Gasteiger partial charge is 0.243 e. The summed E-state index contributed by atoms with van der Waals surface area (Å²) >= 11 is 6.25. The number of hydrogen-bond acceptors (Lipinski definition) is 6. The molecule has 3 heterocycles. The molecule has 1 unspecified atom stereocenters. The molecule has 1 aromatic carbocycles. The molecule has 29 heavy (non-hydrogen) atoms. The number of carbonyl (C=O) groups excluding carboxylic acids is 1. The second kappa shape index (κ2) is 8.53. The number of hydrogen-bond donors (Lipinski definition) is 2. The first-order valence-electron chi connectivity index (χ1n) is 9.70. The van der Waals surface area contributed by atoms with E-state index in [1.807, 2.05) is 0 Å². The minimum atomic E-state index is -3.73. The second-order valence-electron chi connectivity index (χ2n) is 7.42. The second-order valence-corrected chi connectivity index (χ2v) is 9.73. The van der Waals surface area contributed by atoms with E-state index in [1.54, 1.807) is 24.4 Å². The van der Waals surface area contributed by atoms with Crippen molar-refractivity contribution in [3.63, 3.8) is 0 Å². The number of fused-ring (bicyclic) bond motifs is 1. The van der Waals surface area contributed by atoms with Crippen molar-refractivity contribution < 1.29 is 13.2 Å². The predicted octanol–water partition coefficient (Wildman–Crippen LogP) is 0.673. The third kappa shape index (κ3) is 4.39. The van der Waals surface area contributed by atoms with Crippen LogP contribution in [0.5, 0.6) is 0 Å². The number of halogens is 1. The summed E-state index contributed by atoms with van der Waals surface area (Å²) in [6, 6.07) is 4.86. The molecule has 2 N–H and O–H groups in total. The van der Waals surface area contributed by atoms with E-state index in [4.69, 9.17) is 11.6 Å². The van der Waals surface area contributed by atoms with Gasteiger partial charge in [-0.25, -0.2) is 8.42 Å². The zero-order valence-electron chi connectivity index (χ0n) is 16.0. The summed E-state index contributed by atoms with van der Waals surface area (Å²) in [4.78, 5) is 18.7. The summed E-state index contributed by atoms with van der Waals surface area (Å²) in [6.07, 6.45) is 3.64. The SMILES string of the molecule is O=C(CN1CCNCC1)NC1CCN(S(=O)(=O)c2cccc3cncc(Cl)c23)C1. The van der Waals surface area contributed by atoms with Crippen molar-refractivity contribution in [2.45, 2.75) is 17.4 Å². The highest BCUT2D eigenvalue weighted by molar-refractivity contribution is 7.89. The molecule has 2 aliphatic heterocycles. The first-order chi connectivity index (χ1) is 13.9. The van der Waals surface area contributed by atoms with E-state index in [-0.39, 0.29) is 23.4 Å². The Balaban J connectivity index is 1.45. The quantitative estimate of drug-likeness (QED) is 0.714. The van der Waals surface area contributed by atoms with Crippen LogP contribution < -0.4 is 10.6 Å². The minimum absolute atomic E-state index is 0.0598. The number of pyridine rings is 1. The molecule has 0 bridgehead atoms. The molecule has 10 heteroatoms. The van der Waals surface area contributed by atoms with Crippen molar-refractivity contribution >= 4 is 38.3 Å². The number of carbonyl (C=O) groups is 1. The monoisotopic (exact) mass is 437 g/mol. The van der Waals surface area contributed by atoms with Crippen molar-refractivity contribution in [3.05, 3.63) is 35.6 Å². The van der Waals surface area contributed by atoms with E-state index >= 15 is 0 Å². The lowest BCUT2D eigenvalue weighted by Gasteiger charge is -2.27. The van der Waals surface area contributed by atoms with Crippen molar-refractivity contribution in [2.75, 3.05) is 45.8 Å². The Morgan fingerprint density at radius 3 is 2.83 bits per heavy atom. The zero-order chi connectivity index (χ0) is 20.4. The maximum absolute atomic E-state index is 13.3. The van der Waals surface area contributed by atoms with E-state index in [0.717, 1.165) is 26.2 Å². The van der Waals surface area contributed by atoms with E-state index in [2.05, 4.69) is 20.5 Å². The van der Waals surface area contributed by atoms with Crippen LogP contribution in [0.3, 0.4) is 0 Å². The average molecular weight is 438 g/mol. The number of aromatic nitrogens is 1. The highest BCUT2D eigenvalue weighted by Crippen LogP contribution is 2.32. The molecular formula is C19H24ClN5O3S. The predicted molar refractivity (Wildman–Crippen MR) is 111 cm³/mol. The lowest BCUT2D eigenvalue weighted by atomic mass is 10.2. The highest BCUT2D eigenvalue weighted by atomic mass is 35.5. The van der Waals surface area contributed by atoms with Gasteiger partial charge in [-0.15, -0.1) is 0 Å². The van der Waals surface area contributed by atoms with Gasteiger partial charge in [0.2, 0.25) is 15.9 Å². The van der Waals surface area contributed by atoms with E-state index in [1.165, 1.54) is 10.5 Å². The Morgan fingerprint density at radius 2 is 2.03 bits per heavy atom. The van der Waals surface area contributed by atoms with Crippen LogP contribution >= 0.6 is 11.6 Å². The molecule has 0 aliphatic carbocycles. The van der Waals surface area contributed by atoms with Gasteiger partial charge in [0.1, 0.15) is 0 Å². The van der Waals surface area contributed by atoms with Crippen LogP contribution in [0.4, 0.5) is 0 Å². The number of rotatable bonds is 5. The van der Waals surface area contributed by atoms with Gasteiger partial charge < -0.3 is 10.6 Å². The number of benzene rings is 1. The van der Waals surface area contributed by atoms with E-state index in [0.29, 0.717) is 35.3 Å². The van der Waals surface area contributed by atoms with Crippen molar-refractivity contribution in [2.24, 2.45) is 0 Å². The summed E-state index contributed by atoms with van der Waals surface area (Å²) < 4.78 is 28.0. The molecule has 0 radical (unpaired) electrons. The largest absolute Gasteiger partial charge is 0.351 e. The maximum atomic E-state index is 13.3. The van der Waals surface area contributed by atoms with Crippen LogP contribution in [-0.2, 0) is 14.8 Å². The summed E-state index contributed by atoms with van der Waals surface area (Å²) in [6.45, 7) is 4.41. The Hall–Kier alpha value is -1.78. The van der Waals surface area contributed by atoms with Gasteiger partial charge >= 0.3 is 0 Å². The molecule has 1 atom stereocenters. The minimum Gasteiger partial charge on any atom is -0.351 e. The van der Waals surface area contributed by atoms with Crippen LogP contribution in [0.15, 0.2) is 35.5 Å². The molecule has 2 aliphatic rings. The summed E-state index contributed by atoms with van der Waals surface area (Å²) in [5.74, 6) is -0.0598. The highest BCUT2D eigenvalue weighted by Gasteiger charge is 2.34. The first-order valence-corrected chi connectivity index (χ1v) is 11.5. The fourth-order valence-electron chi connectivity index (χ4n) is 3.92. The van der Waals surface area contributed by atoms with Crippen LogP contribution in [0.2, 0.25) is 5.02 Å². The Morgan fingerprint density at radius 1 is 1.24 bits per heavy atom. The molecule has 156 valence electrons. The van der Waals surface area contributed by atoms with Gasteiger partial charge in [-0.05, 0) is 12.5 Å². The average Bonchev–Trinajstić information content (AvgIpc) is 3.18. The molecule has 1 amide bonds. The normalized spacial score (nSPS) is 21.5. The topological polar surface area (TPSA) is 94.6 Å². The van der Waals surface area contributed by atoms with Gasteiger partial charge in [0.05, 0.1) is 16.5 Å². The Kier molecular flexibility index (Phi) is 6.03. The zero-order valence-corrected chi connectivity index (χ0v) is 17.5. The van der Waals surface area contributed by atoms with Crippen molar-refractivity contribution in [3.8, 4) is 0 Å². The van der Waals surface area contributed by atoms with E-state index < -0.39 is 10.0 Å². The number of sulfonamides is 1. The maximum Gasteiger partial charge on any atom is 0.243 e. The summed E-state index contributed by atoms with van der Waals surface area (Å²) in [7, 11) is -3.73. The summed E-state index contributed by atoms with van der Waals surface area (Å²) in [5, 5.41) is 7.71. The molecule has 2 fully saturated rings. The van der Waals surface area contributed by atoms with Crippen LogP contribution in [0.1, 0.15) is 6.42 Å². The molecule has 8 nitrogen and oxygen atoms in total. The Labute approximate surface area is 175 Å². The number of piperazine rings is 1. The van der Waals surface area contributed by atoms with Crippen LogP contribution in [0.25, 0.3) is 10.8 Å². The van der Waals surface area contributed by atoms with Gasteiger partial charge in [0.15, 0.2) is 0 Å².